The van der Waals surface area contributed by atoms with Crippen LogP contribution in [-0.2, 0) is 31.6 Å². The maximum Gasteiger partial charge on any atom is 0.155 e. The average molecular weight is 245 g/mol. The van der Waals surface area contributed by atoms with Crippen molar-refractivity contribution < 1.29 is 27.0 Å². The van der Waals surface area contributed by atoms with Crippen LogP contribution in [0.2, 0.25) is 0 Å². The fourth-order valence-electron chi connectivity index (χ4n) is 0.579. The van der Waals surface area contributed by atoms with E-state index in [1.807, 2.05) is 0 Å². The van der Waals surface area contributed by atoms with Crippen LogP contribution < -0.4 is 0 Å². The molecule has 2 atom stereocenters. The lowest BCUT2D eigenvalue weighted by molar-refractivity contribution is 0.0596. The molecule has 0 aliphatic heterocycles. The molecule has 0 bridgehead atoms. The van der Waals surface area contributed by atoms with Crippen LogP contribution in [0.25, 0.3) is 0 Å². The van der Waals surface area contributed by atoms with E-state index in [0.29, 0.717) is 6.61 Å². The molecule has 14 heavy (non-hydrogen) atoms. The van der Waals surface area contributed by atoms with Gasteiger partial charge >= 0.3 is 0 Å². The molecule has 6 nitrogen and oxygen atoms in total. The molecular formula is C6H13O6S2-. The summed E-state index contributed by atoms with van der Waals surface area (Å²) in [5, 5.41) is 0. The third kappa shape index (κ3) is 12.1. The summed E-state index contributed by atoms with van der Waals surface area (Å²) in [7, 11) is 0. The Labute approximate surface area is 87.5 Å². The van der Waals surface area contributed by atoms with Crippen LogP contribution in [0.3, 0.4) is 0 Å². The van der Waals surface area contributed by atoms with Gasteiger partial charge in [0.15, 0.2) is 11.1 Å². The van der Waals surface area contributed by atoms with Gasteiger partial charge in [-0.2, -0.15) is 0 Å². The molecule has 0 heterocycles. The zero-order valence-corrected chi connectivity index (χ0v) is 9.18. The fraction of sp³-hybridized carbons (Fsp3) is 1.00. The molecule has 0 amide bonds. The Balaban J connectivity index is 2.99. The third-order valence-corrected chi connectivity index (χ3v) is 2.18. The van der Waals surface area contributed by atoms with Crippen LogP contribution >= 0.6 is 0 Å². The van der Waals surface area contributed by atoms with Gasteiger partial charge in [-0.25, -0.2) is 4.21 Å². The minimum atomic E-state index is -2.07. The first-order valence-electron chi connectivity index (χ1n) is 3.91. The normalized spacial score (nSPS) is 15.3. The lowest BCUT2D eigenvalue weighted by Crippen LogP contribution is -2.12. The van der Waals surface area contributed by atoms with Crippen LogP contribution in [0.15, 0.2) is 0 Å². The second-order valence-corrected chi connectivity index (χ2v) is 4.33. The van der Waals surface area contributed by atoms with Gasteiger partial charge in [0, 0.05) is 5.75 Å². The largest absolute Gasteiger partial charge is 0.772 e. The van der Waals surface area contributed by atoms with Crippen molar-refractivity contribution in [2.24, 2.45) is 0 Å². The summed E-state index contributed by atoms with van der Waals surface area (Å²) in [5.74, 6) is 0.0469. The van der Waals surface area contributed by atoms with Gasteiger partial charge < -0.3 is 18.6 Å². The number of hydrogen-bond acceptors (Lipinski definition) is 5. The first kappa shape index (κ1) is 14.1. The summed E-state index contributed by atoms with van der Waals surface area (Å²) in [6, 6.07) is 0. The number of ether oxygens (including phenoxy) is 2. The van der Waals surface area contributed by atoms with Crippen molar-refractivity contribution in [2.75, 3.05) is 37.9 Å². The molecule has 0 aliphatic rings. The van der Waals surface area contributed by atoms with Crippen molar-refractivity contribution in [3.8, 4) is 0 Å². The summed E-state index contributed by atoms with van der Waals surface area (Å²) in [5.41, 5.74) is 0. The molecule has 0 radical (unpaired) electrons. The molecule has 1 N–H and O–H groups in total. The van der Waals surface area contributed by atoms with E-state index in [0.717, 1.165) is 0 Å². The van der Waals surface area contributed by atoms with Crippen molar-refractivity contribution in [3.05, 3.63) is 0 Å². The highest BCUT2D eigenvalue weighted by Crippen LogP contribution is 1.82. The van der Waals surface area contributed by atoms with Crippen LogP contribution in [-0.4, -0.2) is 55.5 Å². The number of hydrogen-bond donors (Lipinski definition) is 1. The minimum absolute atomic E-state index is 0.0271. The van der Waals surface area contributed by atoms with E-state index in [4.69, 9.17) is 14.0 Å². The second kappa shape index (κ2) is 9.69. The lowest BCUT2D eigenvalue weighted by Gasteiger charge is -2.06. The smallest absolute Gasteiger partial charge is 0.155 e. The van der Waals surface area contributed by atoms with E-state index in [9.17, 15) is 13.0 Å². The van der Waals surface area contributed by atoms with E-state index < -0.39 is 22.2 Å². The highest BCUT2D eigenvalue weighted by molar-refractivity contribution is 7.79. The Morgan fingerprint density at radius 2 is 1.50 bits per heavy atom. The quantitative estimate of drug-likeness (QED) is 0.418. The Hall–Kier alpha value is 0.140. The maximum absolute atomic E-state index is 10.1. The van der Waals surface area contributed by atoms with Crippen LogP contribution in [0.5, 0.6) is 0 Å². The van der Waals surface area contributed by atoms with Gasteiger partial charge in [0.05, 0.1) is 32.2 Å². The van der Waals surface area contributed by atoms with E-state index in [1.165, 1.54) is 0 Å². The van der Waals surface area contributed by atoms with Gasteiger partial charge in [0.2, 0.25) is 0 Å². The Morgan fingerprint density at radius 1 is 1.00 bits per heavy atom. The summed E-state index contributed by atoms with van der Waals surface area (Å²) in [4.78, 5) is 0. The Bertz CT molecular complexity index is 165. The van der Waals surface area contributed by atoms with Gasteiger partial charge in [0.1, 0.15) is 0 Å². The molecule has 0 aromatic carbocycles. The van der Waals surface area contributed by atoms with Crippen molar-refractivity contribution in [3.63, 3.8) is 0 Å². The van der Waals surface area contributed by atoms with Crippen molar-refractivity contribution in [1.29, 1.82) is 0 Å². The Morgan fingerprint density at radius 3 is 1.93 bits per heavy atom. The molecular weight excluding hydrogens is 232 g/mol. The summed E-state index contributed by atoms with van der Waals surface area (Å²) in [6.07, 6.45) is 0. The molecule has 86 valence electrons. The van der Waals surface area contributed by atoms with E-state index >= 15 is 0 Å². The molecule has 0 rings (SSSR count). The summed E-state index contributed by atoms with van der Waals surface area (Å²) in [6.45, 7) is 0.920. The van der Waals surface area contributed by atoms with Gasteiger partial charge in [-0.1, -0.05) is 11.1 Å². The highest BCUT2D eigenvalue weighted by Gasteiger charge is 1.94. The topological polar surface area (TPSA) is 95.9 Å². The average Bonchev–Trinajstić information content (AvgIpc) is 2.08. The van der Waals surface area contributed by atoms with Gasteiger partial charge in [0.25, 0.3) is 0 Å². The van der Waals surface area contributed by atoms with E-state index in [2.05, 4.69) is 0 Å². The molecule has 8 heteroatoms. The maximum atomic E-state index is 10.1. The van der Waals surface area contributed by atoms with Crippen molar-refractivity contribution >= 4 is 22.2 Å². The minimum Gasteiger partial charge on any atom is -0.772 e. The standard InChI is InChI=1S/C6H14O6S2/c7-13(8)5-3-11-1-2-12-4-6-14(9)10/h1-6H2,(H,7,8)(H,9,10)/p-1. The highest BCUT2D eigenvalue weighted by atomic mass is 32.2. The van der Waals surface area contributed by atoms with E-state index in [-0.39, 0.29) is 31.3 Å². The SMILES string of the molecule is O=S([O-])CCOCCOCCS(=O)O. The first-order chi connectivity index (χ1) is 6.63. The summed E-state index contributed by atoms with van der Waals surface area (Å²) < 4.78 is 48.4. The molecule has 0 aliphatic carbocycles. The van der Waals surface area contributed by atoms with E-state index in [1.54, 1.807) is 0 Å². The fourth-order valence-corrected chi connectivity index (χ4v) is 1.09. The van der Waals surface area contributed by atoms with Gasteiger partial charge in [-0.05, 0) is 0 Å². The monoisotopic (exact) mass is 245 g/mol. The molecule has 0 fully saturated rings. The molecule has 0 aromatic rings. The zero-order chi connectivity index (χ0) is 10.8. The second-order valence-electron chi connectivity index (χ2n) is 2.26. The van der Waals surface area contributed by atoms with Crippen molar-refractivity contribution in [2.45, 2.75) is 0 Å². The summed E-state index contributed by atoms with van der Waals surface area (Å²) >= 11 is -3.90. The van der Waals surface area contributed by atoms with Gasteiger partial charge in [-0.3, -0.25) is 4.21 Å². The molecule has 0 aromatic heterocycles. The van der Waals surface area contributed by atoms with Gasteiger partial charge in [-0.15, -0.1) is 0 Å². The van der Waals surface area contributed by atoms with Crippen LogP contribution in [0, 0.1) is 0 Å². The molecule has 0 spiro atoms. The van der Waals surface area contributed by atoms with Crippen LogP contribution in [0.1, 0.15) is 0 Å². The van der Waals surface area contributed by atoms with Crippen molar-refractivity contribution in [1.82, 2.24) is 0 Å². The molecule has 2 unspecified atom stereocenters. The first-order valence-corrected chi connectivity index (χ1v) is 6.43. The lowest BCUT2D eigenvalue weighted by atomic mass is 10.7. The molecule has 0 saturated carbocycles. The third-order valence-electron chi connectivity index (χ3n) is 1.17. The predicted octanol–water partition coefficient (Wildman–Crippen LogP) is -0.880. The Kier molecular flexibility index (Phi) is 9.78. The van der Waals surface area contributed by atoms with Crippen LogP contribution in [0.4, 0.5) is 0 Å². The predicted molar refractivity (Wildman–Crippen MR) is 51.1 cm³/mol. The molecule has 0 saturated heterocycles. The number of rotatable bonds is 9. The zero-order valence-electron chi connectivity index (χ0n) is 7.55.